The summed E-state index contributed by atoms with van der Waals surface area (Å²) in [5.74, 6) is -1.71. The lowest BCUT2D eigenvalue weighted by Gasteiger charge is -2.32. The van der Waals surface area contributed by atoms with Crippen LogP contribution in [-0.2, 0) is 9.59 Å². The summed E-state index contributed by atoms with van der Waals surface area (Å²) in [6, 6.07) is 0. The van der Waals surface area contributed by atoms with Gasteiger partial charge in [0.15, 0.2) is 0 Å². The van der Waals surface area contributed by atoms with Crippen LogP contribution in [0.25, 0.3) is 0 Å². The van der Waals surface area contributed by atoms with Gasteiger partial charge in [0.25, 0.3) is 0 Å². The van der Waals surface area contributed by atoms with Gasteiger partial charge in [-0.2, -0.15) is 0 Å². The van der Waals surface area contributed by atoms with Gasteiger partial charge in [0.2, 0.25) is 0 Å². The van der Waals surface area contributed by atoms with Crippen LogP contribution in [0.5, 0.6) is 0 Å². The van der Waals surface area contributed by atoms with E-state index in [1.165, 1.54) is 6.92 Å². The zero-order valence-electron chi connectivity index (χ0n) is 12.9. The molecule has 0 rings (SSSR count). The number of aliphatic carboxylic acids is 2. The molecular weight excluding hydrogens is 248 g/mol. The SMILES string of the molecule is CCC(C)(N)C(=O)O.CCN(CC)C(C)(C)C(=O)O. The Hall–Kier alpha value is -1.14. The highest BCUT2D eigenvalue weighted by Crippen LogP contribution is 2.13. The maximum Gasteiger partial charge on any atom is 0.323 e. The Bertz CT molecular complexity index is 297. The number of hydrogen-bond donors (Lipinski definition) is 3. The van der Waals surface area contributed by atoms with Gasteiger partial charge in [-0.25, -0.2) is 0 Å². The number of rotatable bonds is 6. The summed E-state index contributed by atoms with van der Waals surface area (Å²) < 4.78 is 0. The Morgan fingerprint density at radius 1 is 1.00 bits per heavy atom. The summed E-state index contributed by atoms with van der Waals surface area (Å²) in [6.07, 6.45) is 0.461. The van der Waals surface area contributed by atoms with E-state index in [0.29, 0.717) is 6.42 Å². The van der Waals surface area contributed by atoms with E-state index in [4.69, 9.17) is 15.9 Å². The van der Waals surface area contributed by atoms with Crippen LogP contribution < -0.4 is 5.73 Å². The third-order valence-corrected chi connectivity index (χ3v) is 3.30. The maximum absolute atomic E-state index is 10.7. The van der Waals surface area contributed by atoms with E-state index in [0.717, 1.165) is 13.1 Å². The molecule has 4 N–H and O–H groups in total. The van der Waals surface area contributed by atoms with Crippen molar-refractivity contribution >= 4 is 11.9 Å². The quantitative estimate of drug-likeness (QED) is 0.677. The lowest BCUT2D eigenvalue weighted by molar-refractivity contribution is -0.149. The molecule has 0 bridgehead atoms. The summed E-state index contributed by atoms with van der Waals surface area (Å²) >= 11 is 0. The molecule has 0 saturated heterocycles. The van der Waals surface area contributed by atoms with Gasteiger partial charge in [0, 0.05) is 0 Å². The number of carbonyl (C=O) groups is 2. The second-order valence-corrected chi connectivity index (χ2v) is 5.11. The lowest BCUT2D eigenvalue weighted by atomic mass is 10.0. The zero-order chi connectivity index (χ0) is 15.9. The largest absolute Gasteiger partial charge is 0.480 e. The first-order chi connectivity index (χ1) is 8.47. The first kappa shape index (κ1) is 20.2. The van der Waals surface area contributed by atoms with Crippen LogP contribution in [0.3, 0.4) is 0 Å². The number of hydrogen-bond acceptors (Lipinski definition) is 4. The first-order valence-corrected chi connectivity index (χ1v) is 6.48. The van der Waals surface area contributed by atoms with Gasteiger partial charge in [0.1, 0.15) is 11.1 Å². The van der Waals surface area contributed by atoms with Crippen molar-refractivity contribution in [2.24, 2.45) is 5.73 Å². The third kappa shape index (κ3) is 6.54. The fourth-order valence-corrected chi connectivity index (χ4v) is 1.30. The van der Waals surface area contributed by atoms with E-state index in [2.05, 4.69) is 0 Å². The predicted molar refractivity (Wildman–Crippen MR) is 75.2 cm³/mol. The van der Waals surface area contributed by atoms with Crippen molar-refractivity contribution in [1.82, 2.24) is 4.90 Å². The van der Waals surface area contributed by atoms with Crippen molar-refractivity contribution in [2.45, 2.75) is 59.0 Å². The number of nitrogens with zero attached hydrogens (tertiary/aromatic N) is 1. The molecule has 0 aromatic carbocycles. The standard InChI is InChI=1S/C8H17NO2.C5H11NO2/c1-5-9(6-2)8(3,4)7(10)11;1-3-5(2,6)4(7)8/h5-6H2,1-4H3,(H,10,11);3,6H2,1-2H3,(H,7,8). The maximum atomic E-state index is 10.7. The number of carboxylic acids is 2. The highest BCUT2D eigenvalue weighted by molar-refractivity contribution is 5.78. The van der Waals surface area contributed by atoms with Gasteiger partial charge < -0.3 is 15.9 Å². The highest BCUT2D eigenvalue weighted by Gasteiger charge is 2.32. The summed E-state index contributed by atoms with van der Waals surface area (Å²) in [5, 5.41) is 17.1. The Labute approximate surface area is 115 Å². The summed E-state index contributed by atoms with van der Waals surface area (Å²) in [6.45, 7) is 12.2. The minimum Gasteiger partial charge on any atom is -0.480 e. The molecule has 1 unspecified atom stereocenters. The van der Waals surface area contributed by atoms with Crippen LogP contribution in [0.1, 0.15) is 48.0 Å². The molecule has 0 amide bonds. The molecular formula is C13H28N2O4. The molecule has 0 aliphatic heterocycles. The predicted octanol–water partition coefficient (Wildman–Crippen LogP) is 1.39. The van der Waals surface area contributed by atoms with Gasteiger partial charge in [0.05, 0.1) is 0 Å². The number of nitrogens with two attached hydrogens (primary N) is 1. The van der Waals surface area contributed by atoms with Crippen LogP contribution in [-0.4, -0.2) is 51.2 Å². The second-order valence-electron chi connectivity index (χ2n) is 5.11. The molecule has 0 heterocycles. The average Bonchev–Trinajstić information content (AvgIpc) is 2.30. The summed E-state index contributed by atoms with van der Waals surface area (Å²) in [4.78, 5) is 22.8. The van der Waals surface area contributed by atoms with E-state index in [-0.39, 0.29) is 0 Å². The number of carboxylic acid groups (broad SMARTS) is 2. The van der Waals surface area contributed by atoms with Gasteiger partial charge in [-0.15, -0.1) is 0 Å². The Morgan fingerprint density at radius 2 is 1.37 bits per heavy atom. The smallest absolute Gasteiger partial charge is 0.323 e. The van der Waals surface area contributed by atoms with E-state index in [1.54, 1.807) is 20.8 Å². The van der Waals surface area contributed by atoms with E-state index < -0.39 is 23.0 Å². The molecule has 0 fully saturated rings. The molecule has 0 saturated carbocycles. The molecule has 0 radical (unpaired) electrons. The van der Waals surface area contributed by atoms with Gasteiger partial charge in [-0.3, -0.25) is 14.5 Å². The Balaban J connectivity index is 0. The fraction of sp³-hybridized carbons (Fsp3) is 0.846. The van der Waals surface area contributed by atoms with Gasteiger partial charge in [-0.1, -0.05) is 20.8 Å². The minimum atomic E-state index is -1.04. The Kier molecular flexibility index (Phi) is 8.62. The van der Waals surface area contributed by atoms with Crippen LogP contribution in [0.15, 0.2) is 0 Å². The third-order valence-electron chi connectivity index (χ3n) is 3.30. The van der Waals surface area contributed by atoms with Crippen molar-refractivity contribution in [2.75, 3.05) is 13.1 Å². The molecule has 0 spiro atoms. The molecule has 19 heavy (non-hydrogen) atoms. The molecule has 0 aliphatic rings. The molecule has 0 aromatic rings. The molecule has 6 nitrogen and oxygen atoms in total. The van der Waals surface area contributed by atoms with Crippen molar-refractivity contribution in [3.63, 3.8) is 0 Å². The first-order valence-electron chi connectivity index (χ1n) is 6.48. The van der Waals surface area contributed by atoms with Gasteiger partial charge in [-0.05, 0) is 40.3 Å². The van der Waals surface area contributed by atoms with E-state index in [9.17, 15) is 9.59 Å². The molecule has 0 aromatic heterocycles. The van der Waals surface area contributed by atoms with Crippen molar-refractivity contribution in [3.8, 4) is 0 Å². The topological polar surface area (TPSA) is 104 Å². The molecule has 1 atom stereocenters. The molecule has 0 aliphatic carbocycles. The van der Waals surface area contributed by atoms with Gasteiger partial charge >= 0.3 is 11.9 Å². The molecule has 6 heteroatoms. The van der Waals surface area contributed by atoms with Crippen molar-refractivity contribution in [1.29, 1.82) is 0 Å². The monoisotopic (exact) mass is 276 g/mol. The van der Waals surface area contributed by atoms with E-state index in [1.807, 2.05) is 18.7 Å². The van der Waals surface area contributed by atoms with Crippen LogP contribution in [0.2, 0.25) is 0 Å². The normalized spacial score (nSPS) is 14.3. The van der Waals surface area contributed by atoms with E-state index >= 15 is 0 Å². The lowest BCUT2D eigenvalue weighted by Crippen LogP contribution is -2.49. The Morgan fingerprint density at radius 3 is 1.42 bits per heavy atom. The zero-order valence-corrected chi connectivity index (χ0v) is 12.9. The second kappa shape index (κ2) is 8.12. The van der Waals surface area contributed by atoms with Crippen LogP contribution in [0, 0.1) is 0 Å². The average molecular weight is 276 g/mol. The fourth-order valence-electron chi connectivity index (χ4n) is 1.30. The van der Waals surface area contributed by atoms with Crippen LogP contribution >= 0.6 is 0 Å². The van der Waals surface area contributed by atoms with Crippen LogP contribution in [0.4, 0.5) is 0 Å². The van der Waals surface area contributed by atoms with Crippen molar-refractivity contribution in [3.05, 3.63) is 0 Å². The summed E-state index contributed by atoms with van der Waals surface area (Å²) in [7, 11) is 0. The highest BCUT2D eigenvalue weighted by atomic mass is 16.4. The number of likely N-dealkylation sites (N-methyl/N-ethyl adjacent to an activating group) is 1. The van der Waals surface area contributed by atoms with Crippen molar-refractivity contribution < 1.29 is 19.8 Å². The molecule has 114 valence electrons. The summed E-state index contributed by atoms with van der Waals surface area (Å²) in [5.41, 5.74) is 3.48. The minimum absolute atomic E-state index is 0.461.